The molecule has 0 fully saturated rings. The van der Waals surface area contributed by atoms with Crippen LogP contribution in [-0.2, 0) is 10.0 Å². The molecule has 0 bridgehead atoms. The van der Waals surface area contributed by atoms with E-state index in [2.05, 4.69) is 10.8 Å². The molecule has 3 aromatic rings. The molecule has 28 heavy (non-hydrogen) atoms. The fourth-order valence-electron chi connectivity index (χ4n) is 3.03. The fourth-order valence-corrected chi connectivity index (χ4v) is 3.85. The number of carbonyl (C=O) groups excluding carboxylic acids is 1. The number of nitrogens with one attached hydrogen (secondary N) is 1. The average Bonchev–Trinajstić information content (AvgIpc) is 3.06. The van der Waals surface area contributed by atoms with Crippen molar-refractivity contribution in [1.29, 1.82) is 0 Å². The van der Waals surface area contributed by atoms with Gasteiger partial charge in [-0.05, 0) is 61.7 Å². The van der Waals surface area contributed by atoms with Crippen LogP contribution in [0.1, 0.15) is 42.7 Å². The predicted molar refractivity (Wildman–Crippen MR) is 111 cm³/mol. The van der Waals surface area contributed by atoms with Crippen molar-refractivity contribution in [2.24, 2.45) is 5.73 Å². The molecule has 1 radical (unpaired) electrons. The van der Waals surface area contributed by atoms with Crippen molar-refractivity contribution in [3.8, 4) is 5.69 Å². The van der Waals surface area contributed by atoms with Gasteiger partial charge in [0.1, 0.15) is 5.69 Å². The standard InChI is InChI=1S/C21H24N3O3S/c1-14(2)28(26,27)23-13-15(3)16-8-10-18(11-9-16)24-19-7-5-4-6-17(19)12-20(24)21(22)25/h5-12,14-15,23H,13H2,1-3H3,(H2,22,25). The van der Waals surface area contributed by atoms with Crippen LogP contribution in [0.15, 0.2) is 48.5 Å². The second-order valence-corrected chi connectivity index (χ2v) is 9.47. The highest BCUT2D eigenvalue weighted by Gasteiger charge is 2.18. The maximum absolute atomic E-state index is 11.9. The number of benzene rings is 2. The summed E-state index contributed by atoms with van der Waals surface area (Å²) < 4.78 is 28.4. The van der Waals surface area contributed by atoms with Crippen LogP contribution in [0.25, 0.3) is 16.6 Å². The first-order valence-electron chi connectivity index (χ1n) is 9.11. The zero-order valence-corrected chi connectivity index (χ0v) is 17.0. The van der Waals surface area contributed by atoms with Gasteiger partial charge in [0.25, 0.3) is 5.91 Å². The molecule has 0 aliphatic carbocycles. The topological polar surface area (TPSA) is 94.2 Å². The first kappa shape index (κ1) is 20.1. The number of hydrogen-bond donors (Lipinski definition) is 2. The van der Waals surface area contributed by atoms with Crippen molar-refractivity contribution in [2.75, 3.05) is 6.54 Å². The number of aromatic nitrogens is 1. The van der Waals surface area contributed by atoms with Crippen molar-refractivity contribution in [3.05, 3.63) is 65.9 Å². The van der Waals surface area contributed by atoms with Crippen molar-refractivity contribution in [1.82, 2.24) is 9.29 Å². The van der Waals surface area contributed by atoms with Crippen LogP contribution in [0.2, 0.25) is 0 Å². The van der Waals surface area contributed by atoms with Crippen LogP contribution < -0.4 is 10.5 Å². The number of sulfonamides is 1. The fraction of sp³-hybridized carbons (Fsp3) is 0.286. The molecule has 3 N–H and O–H groups in total. The number of primary amides is 1. The van der Waals surface area contributed by atoms with Gasteiger partial charge >= 0.3 is 0 Å². The van der Waals surface area contributed by atoms with Crippen molar-refractivity contribution >= 4 is 26.8 Å². The summed E-state index contributed by atoms with van der Waals surface area (Å²) in [5.41, 5.74) is 8.65. The largest absolute Gasteiger partial charge is 0.364 e. The van der Waals surface area contributed by atoms with Crippen LogP contribution >= 0.6 is 0 Å². The van der Waals surface area contributed by atoms with E-state index in [0.717, 1.165) is 22.2 Å². The lowest BCUT2D eigenvalue weighted by molar-refractivity contribution is 0.0994. The Morgan fingerprint density at radius 2 is 1.86 bits per heavy atom. The molecule has 0 spiro atoms. The van der Waals surface area contributed by atoms with Gasteiger partial charge in [-0.25, -0.2) is 13.1 Å². The van der Waals surface area contributed by atoms with E-state index < -0.39 is 21.2 Å². The molecular weight excluding hydrogens is 374 g/mol. The van der Waals surface area contributed by atoms with Gasteiger partial charge in [0.2, 0.25) is 10.0 Å². The summed E-state index contributed by atoms with van der Waals surface area (Å²) in [7, 11) is -3.29. The van der Waals surface area contributed by atoms with Crippen LogP contribution in [-0.4, -0.2) is 30.7 Å². The monoisotopic (exact) mass is 398 g/mol. The van der Waals surface area contributed by atoms with E-state index in [1.165, 1.54) is 0 Å². The number of fused-ring (bicyclic) bond motifs is 1. The van der Waals surface area contributed by atoms with Gasteiger partial charge in [-0.15, -0.1) is 0 Å². The SMILES string of the molecule is CC(CNS(=O)(=O)C(C)C)c1ccc(-n2c(C(N)=O)cc3c[c]ccc32)cc1. The molecule has 1 amide bonds. The van der Waals surface area contributed by atoms with E-state index in [9.17, 15) is 13.2 Å². The zero-order valence-electron chi connectivity index (χ0n) is 16.1. The van der Waals surface area contributed by atoms with E-state index >= 15 is 0 Å². The van der Waals surface area contributed by atoms with E-state index in [4.69, 9.17) is 5.73 Å². The number of carbonyl (C=O) groups is 1. The summed E-state index contributed by atoms with van der Waals surface area (Å²) >= 11 is 0. The summed E-state index contributed by atoms with van der Waals surface area (Å²) in [4.78, 5) is 11.9. The molecule has 0 aliphatic rings. The quantitative estimate of drug-likeness (QED) is 0.641. The van der Waals surface area contributed by atoms with Gasteiger partial charge in [-0.1, -0.05) is 25.1 Å². The molecule has 147 valence electrons. The molecule has 1 aromatic heterocycles. The van der Waals surface area contributed by atoms with Gasteiger partial charge in [-0.2, -0.15) is 0 Å². The Balaban J connectivity index is 1.88. The maximum Gasteiger partial charge on any atom is 0.265 e. The van der Waals surface area contributed by atoms with Gasteiger partial charge < -0.3 is 10.3 Å². The summed E-state index contributed by atoms with van der Waals surface area (Å²) in [6.45, 7) is 5.59. The van der Waals surface area contributed by atoms with Gasteiger partial charge in [0.15, 0.2) is 0 Å². The van der Waals surface area contributed by atoms with E-state index in [1.54, 1.807) is 26.0 Å². The van der Waals surface area contributed by atoms with Crippen molar-refractivity contribution in [3.63, 3.8) is 0 Å². The Kier molecular flexibility index (Phi) is 5.58. The molecule has 0 saturated heterocycles. The second-order valence-electron chi connectivity index (χ2n) is 7.15. The third kappa shape index (κ3) is 3.95. The minimum Gasteiger partial charge on any atom is -0.364 e. The van der Waals surface area contributed by atoms with Gasteiger partial charge in [0, 0.05) is 17.6 Å². The minimum atomic E-state index is -3.29. The lowest BCUT2D eigenvalue weighted by Crippen LogP contribution is -2.33. The average molecular weight is 399 g/mol. The molecule has 1 heterocycles. The number of nitrogens with zero attached hydrogens (tertiary/aromatic N) is 1. The first-order valence-corrected chi connectivity index (χ1v) is 10.7. The Bertz CT molecular complexity index is 1100. The number of amides is 1. The number of nitrogens with two attached hydrogens (primary N) is 1. The summed E-state index contributed by atoms with van der Waals surface area (Å²) in [5, 5.41) is 0.422. The Labute approximate surface area is 165 Å². The van der Waals surface area contributed by atoms with Crippen molar-refractivity contribution in [2.45, 2.75) is 31.9 Å². The summed E-state index contributed by atoms with van der Waals surface area (Å²) in [6.07, 6.45) is 0. The van der Waals surface area contributed by atoms with E-state index in [1.807, 2.05) is 47.9 Å². The molecule has 2 aromatic carbocycles. The zero-order chi connectivity index (χ0) is 20.5. The van der Waals surface area contributed by atoms with Crippen molar-refractivity contribution < 1.29 is 13.2 Å². The van der Waals surface area contributed by atoms with E-state index in [0.29, 0.717) is 12.2 Å². The lowest BCUT2D eigenvalue weighted by Gasteiger charge is -2.16. The van der Waals surface area contributed by atoms with Gasteiger partial charge in [-0.3, -0.25) is 4.79 Å². The minimum absolute atomic E-state index is 0.00851. The normalized spacial score (nSPS) is 13.1. The summed E-state index contributed by atoms with van der Waals surface area (Å²) in [6, 6.07) is 17.9. The smallest absolute Gasteiger partial charge is 0.265 e. The molecule has 1 atom stereocenters. The number of rotatable bonds is 7. The first-order chi connectivity index (χ1) is 13.2. The third-order valence-electron chi connectivity index (χ3n) is 4.83. The van der Waals surface area contributed by atoms with Crippen LogP contribution in [0.4, 0.5) is 0 Å². The predicted octanol–water partition coefficient (Wildman–Crippen LogP) is 2.96. The molecule has 1 unspecified atom stereocenters. The van der Waals surface area contributed by atoms with E-state index in [-0.39, 0.29) is 5.92 Å². The molecule has 7 heteroatoms. The molecule has 0 saturated carbocycles. The Hall–Kier alpha value is -2.64. The molecule has 0 aliphatic heterocycles. The molecular formula is C21H24N3O3S. The highest BCUT2D eigenvalue weighted by molar-refractivity contribution is 7.90. The Morgan fingerprint density at radius 3 is 2.46 bits per heavy atom. The highest BCUT2D eigenvalue weighted by atomic mass is 32.2. The van der Waals surface area contributed by atoms with Crippen LogP contribution in [0, 0.1) is 6.07 Å². The third-order valence-corrected chi connectivity index (χ3v) is 6.64. The van der Waals surface area contributed by atoms with Gasteiger partial charge in [0.05, 0.1) is 10.8 Å². The second kappa shape index (κ2) is 7.77. The highest BCUT2D eigenvalue weighted by Crippen LogP contribution is 2.25. The Morgan fingerprint density at radius 1 is 1.18 bits per heavy atom. The lowest BCUT2D eigenvalue weighted by atomic mass is 10.0. The molecule has 6 nitrogen and oxygen atoms in total. The number of hydrogen-bond acceptors (Lipinski definition) is 3. The van der Waals surface area contributed by atoms with Crippen LogP contribution in [0.3, 0.4) is 0 Å². The molecule has 3 rings (SSSR count). The summed E-state index contributed by atoms with van der Waals surface area (Å²) in [5.74, 6) is -0.495. The van der Waals surface area contributed by atoms with Crippen LogP contribution in [0.5, 0.6) is 0 Å². The maximum atomic E-state index is 11.9.